The van der Waals surface area contributed by atoms with Crippen molar-refractivity contribution in [3.05, 3.63) is 24.3 Å². The Balaban J connectivity index is 1.75. The fourth-order valence-electron chi connectivity index (χ4n) is 2.79. The molecule has 0 saturated carbocycles. The Morgan fingerprint density at radius 2 is 1.72 bits per heavy atom. The fraction of sp³-hybridized carbons (Fsp3) is 0.500. The molecule has 1 fully saturated rings. The lowest BCUT2D eigenvalue weighted by Crippen LogP contribution is -2.43. The molecule has 0 aliphatic carbocycles. The average Bonchev–Trinajstić information content (AvgIpc) is 2.61. The molecule has 0 bridgehead atoms. The molecule has 0 atom stereocenters. The van der Waals surface area contributed by atoms with Crippen LogP contribution in [0.2, 0.25) is 0 Å². The predicted molar refractivity (Wildman–Crippen MR) is 95.2 cm³/mol. The fourth-order valence-corrected chi connectivity index (χ4v) is 2.79. The minimum absolute atomic E-state index is 0.00764. The molecule has 0 unspecified atom stereocenters. The van der Waals surface area contributed by atoms with E-state index in [1.807, 2.05) is 12.1 Å². The van der Waals surface area contributed by atoms with Crippen molar-refractivity contribution in [3.63, 3.8) is 0 Å². The normalized spacial score (nSPS) is 14.7. The van der Waals surface area contributed by atoms with Crippen LogP contribution in [0.5, 0.6) is 0 Å². The summed E-state index contributed by atoms with van der Waals surface area (Å²) in [6.07, 6.45) is 1.30. The number of anilines is 2. The molecule has 136 valence electrons. The maximum Gasteiger partial charge on any atom is 0.309 e. The second-order valence-electron chi connectivity index (χ2n) is 6.02. The molecule has 2 rings (SSSR count). The van der Waals surface area contributed by atoms with Gasteiger partial charge in [0.1, 0.15) is 0 Å². The molecule has 7 heteroatoms. The van der Waals surface area contributed by atoms with E-state index in [9.17, 15) is 14.4 Å². The van der Waals surface area contributed by atoms with Crippen LogP contribution in [-0.2, 0) is 19.1 Å². The van der Waals surface area contributed by atoms with Gasteiger partial charge in [0.15, 0.2) is 0 Å². The van der Waals surface area contributed by atoms with Gasteiger partial charge in [-0.25, -0.2) is 0 Å². The van der Waals surface area contributed by atoms with Crippen LogP contribution in [0.25, 0.3) is 0 Å². The van der Waals surface area contributed by atoms with E-state index in [1.165, 1.54) is 6.92 Å². The van der Waals surface area contributed by atoms with Crippen molar-refractivity contribution in [2.24, 2.45) is 5.92 Å². The number of nitrogens with zero attached hydrogens (tertiary/aromatic N) is 1. The van der Waals surface area contributed by atoms with Crippen LogP contribution in [0.1, 0.15) is 26.7 Å². The third kappa shape index (κ3) is 5.77. The monoisotopic (exact) mass is 347 g/mol. The maximum absolute atomic E-state index is 12.3. The summed E-state index contributed by atoms with van der Waals surface area (Å²) >= 11 is 0. The Hall–Kier alpha value is -2.57. The molecule has 2 amide bonds. The van der Waals surface area contributed by atoms with Crippen LogP contribution in [-0.4, -0.2) is 48.9 Å². The number of benzene rings is 1. The van der Waals surface area contributed by atoms with Crippen molar-refractivity contribution in [1.29, 1.82) is 0 Å². The van der Waals surface area contributed by atoms with Crippen molar-refractivity contribution in [2.75, 3.05) is 36.9 Å². The minimum atomic E-state index is -0.160. The first-order chi connectivity index (χ1) is 12.0. The molecular formula is C18H25N3O4. The first-order valence-electron chi connectivity index (χ1n) is 8.55. The highest BCUT2D eigenvalue weighted by molar-refractivity contribution is 5.89. The van der Waals surface area contributed by atoms with Crippen LogP contribution in [0, 0.1) is 5.92 Å². The number of nitrogens with one attached hydrogen (secondary N) is 2. The second kappa shape index (κ2) is 9.05. The number of carbonyl (C=O) groups excluding carboxylic acids is 3. The maximum atomic E-state index is 12.3. The second-order valence-corrected chi connectivity index (χ2v) is 6.02. The highest BCUT2D eigenvalue weighted by Gasteiger charge is 2.27. The summed E-state index contributed by atoms with van der Waals surface area (Å²) in [5, 5.41) is 5.77. The molecule has 0 aromatic heterocycles. The lowest BCUT2D eigenvalue weighted by Gasteiger charge is -2.31. The van der Waals surface area contributed by atoms with Gasteiger partial charge in [-0.1, -0.05) is 0 Å². The van der Waals surface area contributed by atoms with Crippen LogP contribution in [0.4, 0.5) is 11.4 Å². The number of rotatable bonds is 6. The first kappa shape index (κ1) is 18.8. The zero-order valence-electron chi connectivity index (χ0n) is 14.7. The van der Waals surface area contributed by atoms with Crippen LogP contribution in [0.15, 0.2) is 24.3 Å². The Morgan fingerprint density at radius 3 is 2.28 bits per heavy atom. The summed E-state index contributed by atoms with van der Waals surface area (Å²) in [5.74, 6) is -0.374. The third-order valence-electron chi connectivity index (χ3n) is 4.12. The average molecular weight is 347 g/mol. The topological polar surface area (TPSA) is 87.7 Å². The number of likely N-dealkylation sites (tertiary alicyclic amines) is 1. The Morgan fingerprint density at radius 1 is 1.12 bits per heavy atom. The van der Waals surface area contributed by atoms with Crippen LogP contribution < -0.4 is 10.6 Å². The molecule has 1 aliphatic rings. The largest absolute Gasteiger partial charge is 0.466 e. The summed E-state index contributed by atoms with van der Waals surface area (Å²) in [7, 11) is 0. The predicted octanol–water partition coefficient (Wildman–Crippen LogP) is 1.86. The quantitative estimate of drug-likeness (QED) is 0.767. The van der Waals surface area contributed by atoms with Crippen LogP contribution >= 0.6 is 0 Å². The van der Waals surface area contributed by atoms with Crippen LogP contribution in [0.3, 0.4) is 0 Å². The van der Waals surface area contributed by atoms with E-state index in [-0.39, 0.29) is 30.2 Å². The Kier molecular flexibility index (Phi) is 6.80. The summed E-state index contributed by atoms with van der Waals surface area (Å²) in [4.78, 5) is 36.7. The number of hydrogen-bond donors (Lipinski definition) is 2. The molecule has 2 N–H and O–H groups in total. The van der Waals surface area contributed by atoms with Gasteiger partial charge >= 0.3 is 5.97 Å². The molecule has 25 heavy (non-hydrogen) atoms. The number of esters is 1. The number of hydrogen-bond acceptors (Lipinski definition) is 5. The molecule has 1 saturated heterocycles. The Bertz CT molecular complexity index is 607. The summed E-state index contributed by atoms with van der Waals surface area (Å²) in [5.41, 5.74) is 1.52. The van der Waals surface area contributed by atoms with Gasteiger partial charge in [0.25, 0.3) is 0 Å². The molecule has 1 aromatic rings. The third-order valence-corrected chi connectivity index (χ3v) is 4.12. The van der Waals surface area contributed by atoms with Gasteiger partial charge in [-0.05, 0) is 44.0 Å². The molecular weight excluding hydrogens is 322 g/mol. The SMILES string of the molecule is CCOC(=O)C1CCN(C(=O)CNc2ccc(NC(C)=O)cc2)CC1. The zero-order valence-corrected chi connectivity index (χ0v) is 14.7. The molecule has 0 spiro atoms. The standard InChI is InChI=1S/C18H25N3O4/c1-3-25-18(24)14-8-10-21(11-9-14)17(23)12-19-15-4-6-16(7-5-15)20-13(2)22/h4-7,14,19H,3,8-12H2,1-2H3,(H,20,22). The molecule has 1 aromatic carbocycles. The lowest BCUT2D eigenvalue weighted by molar-refractivity contribution is -0.151. The Labute approximate surface area is 147 Å². The summed E-state index contributed by atoms with van der Waals surface area (Å²) in [6.45, 7) is 4.99. The van der Waals surface area contributed by atoms with E-state index < -0.39 is 0 Å². The van der Waals surface area contributed by atoms with E-state index >= 15 is 0 Å². The van der Waals surface area contributed by atoms with E-state index in [2.05, 4.69) is 10.6 Å². The summed E-state index contributed by atoms with van der Waals surface area (Å²) < 4.78 is 5.04. The number of ether oxygens (including phenoxy) is 1. The van der Waals surface area contributed by atoms with E-state index in [1.54, 1.807) is 24.0 Å². The van der Waals surface area contributed by atoms with Gasteiger partial charge in [-0.2, -0.15) is 0 Å². The number of carbonyl (C=O) groups is 3. The molecule has 0 radical (unpaired) electrons. The van der Waals surface area contributed by atoms with Gasteiger partial charge in [0.2, 0.25) is 11.8 Å². The van der Waals surface area contributed by atoms with Crippen molar-refractivity contribution < 1.29 is 19.1 Å². The summed E-state index contributed by atoms with van der Waals surface area (Å²) in [6, 6.07) is 7.18. The smallest absolute Gasteiger partial charge is 0.309 e. The van der Waals surface area contributed by atoms with Gasteiger partial charge < -0.3 is 20.3 Å². The minimum Gasteiger partial charge on any atom is -0.466 e. The van der Waals surface area contributed by atoms with Gasteiger partial charge in [0.05, 0.1) is 19.1 Å². The van der Waals surface area contributed by atoms with Crippen molar-refractivity contribution in [3.8, 4) is 0 Å². The highest BCUT2D eigenvalue weighted by atomic mass is 16.5. The van der Waals surface area contributed by atoms with E-state index in [0.717, 1.165) is 5.69 Å². The van der Waals surface area contributed by atoms with Gasteiger partial charge in [-0.15, -0.1) is 0 Å². The lowest BCUT2D eigenvalue weighted by atomic mass is 9.97. The van der Waals surface area contributed by atoms with Crippen molar-refractivity contribution >= 4 is 29.2 Å². The zero-order chi connectivity index (χ0) is 18.2. The van der Waals surface area contributed by atoms with Gasteiger partial charge in [-0.3, -0.25) is 14.4 Å². The highest BCUT2D eigenvalue weighted by Crippen LogP contribution is 2.19. The van der Waals surface area contributed by atoms with E-state index in [4.69, 9.17) is 4.74 Å². The van der Waals surface area contributed by atoms with E-state index in [0.29, 0.717) is 38.2 Å². The number of amides is 2. The van der Waals surface area contributed by atoms with Gasteiger partial charge in [0, 0.05) is 31.4 Å². The number of piperidine rings is 1. The first-order valence-corrected chi connectivity index (χ1v) is 8.55. The van der Waals surface area contributed by atoms with Crippen molar-refractivity contribution in [2.45, 2.75) is 26.7 Å². The molecule has 1 aliphatic heterocycles. The van der Waals surface area contributed by atoms with Crippen molar-refractivity contribution in [1.82, 2.24) is 4.90 Å². The molecule has 1 heterocycles. The molecule has 7 nitrogen and oxygen atoms in total.